The topological polar surface area (TPSA) is 69.0 Å². The summed E-state index contributed by atoms with van der Waals surface area (Å²) in [5.74, 6) is 0.698. The van der Waals surface area contributed by atoms with E-state index < -0.39 is 0 Å². The second kappa shape index (κ2) is 6.35. The van der Waals surface area contributed by atoms with Crippen LogP contribution in [-0.2, 0) is 11.4 Å². The van der Waals surface area contributed by atoms with Crippen molar-refractivity contribution in [3.05, 3.63) is 71.8 Å². The Bertz CT molecular complexity index is 907. The molecule has 1 amide bonds. The summed E-state index contributed by atoms with van der Waals surface area (Å²) in [5, 5.41) is 6.86. The molecule has 126 valence electrons. The Morgan fingerprint density at radius 2 is 2.00 bits per heavy atom. The molecule has 1 aliphatic heterocycles. The molecule has 0 bridgehead atoms. The highest BCUT2D eigenvalue weighted by molar-refractivity contribution is 5.91. The summed E-state index contributed by atoms with van der Waals surface area (Å²) in [7, 11) is 0. The molecule has 2 heterocycles. The van der Waals surface area contributed by atoms with E-state index in [1.54, 1.807) is 35.0 Å². The molecule has 0 aliphatic carbocycles. The van der Waals surface area contributed by atoms with Gasteiger partial charge in [-0.15, -0.1) is 0 Å². The summed E-state index contributed by atoms with van der Waals surface area (Å²) >= 11 is 0. The summed E-state index contributed by atoms with van der Waals surface area (Å²) in [4.78, 5) is 15.8. The molecule has 1 atom stereocenters. The van der Waals surface area contributed by atoms with E-state index in [0.29, 0.717) is 23.7 Å². The summed E-state index contributed by atoms with van der Waals surface area (Å²) in [6, 6.07) is 13.7. The monoisotopic (exact) mass is 338 g/mol. The molecule has 1 aliphatic rings. The van der Waals surface area contributed by atoms with Gasteiger partial charge < -0.3 is 4.74 Å². The number of hydrogen-bond donors (Lipinski definition) is 1. The molecule has 0 spiro atoms. The van der Waals surface area contributed by atoms with Crippen molar-refractivity contribution in [2.75, 3.05) is 5.32 Å². The van der Waals surface area contributed by atoms with E-state index in [1.165, 1.54) is 12.4 Å². The van der Waals surface area contributed by atoms with E-state index >= 15 is 0 Å². The summed E-state index contributed by atoms with van der Waals surface area (Å²) < 4.78 is 20.9. The number of carbonyl (C=O) groups excluding carboxylic acids is 1. The van der Waals surface area contributed by atoms with E-state index in [0.717, 1.165) is 5.56 Å². The fourth-order valence-electron chi connectivity index (χ4n) is 2.83. The molecule has 25 heavy (non-hydrogen) atoms. The Kier molecular flexibility index (Phi) is 3.89. The molecule has 1 unspecified atom stereocenters. The van der Waals surface area contributed by atoms with Crippen molar-refractivity contribution < 1.29 is 13.9 Å². The fourth-order valence-corrected chi connectivity index (χ4v) is 2.83. The lowest BCUT2D eigenvalue weighted by atomic mass is 10.0. The zero-order valence-corrected chi connectivity index (χ0v) is 13.2. The number of anilines is 1. The van der Waals surface area contributed by atoms with Gasteiger partial charge in [0.2, 0.25) is 11.9 Å². The molecule has 0 radical (unpaired) electrons. The Labute approximate surface area is 143 Å². The second-order valence-electron chi connectivity index (χ2n) is 5.75. The van der Waals surface area contributed by atoms with Gasteiger partial charge in [0.05, 0.1) is 12.5 Å². The molecular formula is C18H15FN4O2. The fraction of sp³-hybridized carbons (Fsp3) is 0.167. The Balaban J connectivity index is 1.50. The molecule has 4 rings (SSSR count). The molecule has 7 heteroatoms. The quantitative estimate of drug-likeness (QED) is 0.794. The minimum absolute atomic E-state index is 0.0922. The van der Waals surface area contributed by atoms with Crippen molar-refractivity contribution in [3.8, 4) is 5.75 Å². The van der Waals surface area contributed by atoms with Gasteiger partial charge in [-0.25, -0.2) is 9.07 Å². The highest BCUT2D eigenvalue weighted by Crippen LogP contribution is 2.29. The number of hydrogen-bond acceptors (Lipinski definition) is 4. The van der Waals surface area contributed by atoms with Crippen LogP contribution in [0.4, 0.5) is 10.3 Å². The zero-order chi connectivity index (χ0) is 17.2. The largest absolute Gasteiger partial charge is 0.489 e. The van der Waals surface area contributed by atoms with E-state index in [1.807, 2.05) is 12.1 Å². The van der Waals surface area contributed by atoms with Gasteiger partial charge in [-0.3, -0.25) is 10.1 Å². The first-order chi connectivity index (χ1) is 12.2. The third-order valence-electron chi connectivity index (χ3n) is 4.12. The lowest BCUT2D eigenvalue weighted by molar-refractivity contribution is -0.117. The molecular weight excluding hydrogens is 323 g/mol. The molecule has 0 saturated heterocycles. The number of benzene rings is 2. The third kappa shape index (κ3) is 3.08. The maximum absolute atomic E-state index is 13.6. The molecule has 0 fully saturated rings. The molecule has 1 N–H and O–H groups in total. The number of carbonyl (C=O) groups is 1. The number of nitrogens with one attached hydrogen (secondary N) is 1. The first kappa shape index (κ1) is 15.3. The van der Waals surface area contributed by atoms with Crippen LogP contribution in [0.5, 0.6) is 5.75 Å². The maximum atomic E-state index is 13.6. The van der Waals surface area contributed by atoms with E-state index in [-0.39, 0.29) is 24.4 Å². The Morgan fingerprint density at radius 3 is 2.80 bits per heavy atom. The highest BCUT2D eigenvalue weighted by atomic mass is 19.1. The number of fused-ring (bicyclic) bond motifs is 1. The minimum Gasteiger partial charge on any atom is -0.489 e. The van der Waals surface area contributed by atoms with Crippen LogP contribution in [0.25, 0.3) is 0 Å². The average molecular weight is 338 g/mol. The predicted octanol–water partition coefficient (Wildman–Crippen LogP) is 2.93. The summed E-state index contributed by atoms with van der Waals surface area (Å²) in [6.07, 6.45) is 1.71. The molecule has 3 aromatic rings. The number of halogens is 1. The number of amides is 1. The van der Waals surface area contributed by atoms with Gasteiger partial charge in [0.1, 0.15) is 24.5 Å². The average Bonchev–Trinajstić information content (AvgIpc) is 3.09. The minimum atomic E-state index is -0.286. The van der Waals surface area contributed by atoms with Crippen molar-refractivity contribution in [1.29, 1.82) is 0 Å². The van der Waals surface area contributed by atoms with Gasteiger partial charge in [-0.2, -0.15) is 10.1 Å². The van der Waals surface area contributed by atoms with Crippen molar-refractivity contribution in [1.82, 2.24) is 14.8 Å². The van der Waals surface area contributed by atoms with Crippen LogP contribution in [0.15, 0.2) is 54.9 Å². The van der Waals surface area contributed by atoms with Crippen LogP contribution in [0.2, 0.25) is 0 Å². The molecule has 2 aromatic carbocycles. The van der Waals surface area contributed by atoms with E-state index in [2.05, 4.69) is 15.4 Å². The Morgan fingerprint density at radius 1 is 1.20 bits per heavy atom. The predicted molar refractivity (Wildman–Crippen MR) is 88.6 cm³/mol. The first-order valence-electron chi connectivity index (χ1n) is 7.86. The molecule has 6 nitrogen and oxygen atoms in total. The van der Waals surface area contributed by atoms with Gasteiger partial charge in [0.25, 0.3) is 0 Å². The third-order valence-corrected chi connectivity index (χ3v) is 4.12. The zero-order valence-electron chi connectivity index (χ0n) is 13.2. The maximum Gasteiger partial charge on any atom is 0.229 e. The second-order valence-corrected chi connectivity index (χ2v) is 5.75. The van der Waals surface area contributed by atoms with Gasteiger partial charge >= 0.3 is 0 Å². The van der Waals surface area contributed by atoms with Crippen LogP contribution < -0.4 is 10.1 Å². The normalized spacial score (nSPS) is 16.2. The SMILES string of the molecule is O=C1CC(c2ccc(OCc3ccccc3F)cc2)n2ncnc2N1. The number of rotatable bonds is 4. The molecule has 1 aromatic heterocycles. The van der Waals surface area contributed by atoms with Gasteiger partial charge in [0.15, 0.2) is 0 Å². The van der Waals surface area contributed by atoms with Gasteiger partial charge in [-0.1, -0.05) is 30.3 Å². The lowest BCUT2D eigenvalue weighted by Crippen LogP contribution is -2.29. The number of aromatic nitrogens is 3. The molecule has 0 saturated carbocycles. The van der Waals surface area contributed by atoms with Crippen molar-refractivity contribution >= 4 is 11.9 Å². The smallest absolute Gasteiger partial charge is 0.229 e. The van der Waals surface area contributed by atoms with Gasteiger partial charge in [-0.05, 0) is 23.8 Å². The van der Waals surface area contributed by atoms with Crippen LogP contribution >= 0.6 is 0 Å². The van der Waals surface area contributed by atoms with Crippen molar-refractivity contribution in [2.24, 2.45) is 0 Å². The number of nitrogens with zero attached hydrogens (tertiary/aromatic N) is 3. The van der Waals surface area contributed by atoms with Crippen LogP contribution in [0.3, 0.4) is 0 Å². The first-order valence-corrected chi connectivity index (χ1v) is 7.86. The Hall–Kier alpha value is -3.22. The number of ether oxygens (including phenoxy) is 1. The summed E-state index contributed by atoms with van der Waals surface area (Å²) in [6.45, 7) is 0.158. The lowest BCUT2D eigenvalue weighted by Gasteiger charge is -2.23. The van der Waals surface area contributed by atoms with E-state index in [9.17, 15) is 9.18 Å². The van der Waals surface area contributed by atoms with Crippen molar-refractivity contribution in [3.63, 3.8) is 0 Å². The van der Waals surface area contributed by atoms with Gasteiger partial charge in [0, 0.05) is 5.56 Å². The standard InChI is InChI=1S/C18H15FN4O2/c19-15-4-2-1-3-13(15)10-25-14-7-5-12(6-8-14)16-9-17(24)22-18-20-11-21-23(16)18/h1-8,11,16H,9-10H2,(H,20,21,22,24). The van der Waals surface area contributed by atoms with Crippen LogP contribution in [0, 0.1) is 5.82 Å². The van der Waals surface area contributed by atoms with E-state index in [4.69, 9.17) is 4.74 Å². The highest BCUT2D eigenvalue weighted by Gasteiger charge is 2.27. The summed E-state index contributed by atoms with van der Waals surface area (Å²) in [5.41, 5.74) is 1.43. The van der Waals surface area contributed by atoms with Crippen molar-refractivity contribution in [2.45, 2.75) is 19.1 Å². The van der Waals surface area contributed by atoms with Crippen LogP contribution in [0.1, 0.15) is 23.6 Å². The van der Waals surface area contributed by atoms with Crippen LogP contribution in [-0.4, -0.2) is 20.7 Å².